The van der Waals surface area contributed by atoms with E-state index in [1.165, 1.54) is 11.7 Å². The maximum absolute atomic E-state index is 12.5. The molecule has 116 valence electrons. The average Bonchev–Trinajstić information content (AvgIpc) is 2.56. The third kappa shape index (κ3) is 3.10. The van der Waals surface area contributed by atoms with Crippen LogP contribution in [0.25, 0.3) is 10.8 Å². The van der Waals surface area contributed by atoms with E-state index in [-0.39, 0.29) is 17.2 Å². The van der Waals surface area contributed by atoms with Gasteiger partial charge in [-0.15, -0.1) is 0 Å². The van der Waals surface area contributed by atoms with E-state index in [4.69, 9.17) is 11.6 Å². The molecule has 6 heteroatoms. The Morgan fingerprint density at radius 2 is 1.91 bits per heavy atom. The molecule has 1 N–H and O–H groups in total. The number of rotatable bonds is 3. The first-order chi connectivity index (χ1) is 11.1. The minimum Gasteiger partial charge on any atom is -0.347 e. The predicted molar refractivity (Wildman–Crippen MR) is 89.6 cm³/mol. The van der Waals surface area contributed by atoms with E-state index in [2.05, 4.69) is 10.4 Å². The molecule has 3 rings (SSSR count). The van der Waals surface area contributed by atoms with Crippen molar-refractivity contribution < 1.29 is 4.79 Å². The lowest BCUT2D eigenvalue weighted by atomic mass is 10.1. The van der Waals surface area contributed by atoms with Crippen LogP contribution in [-0.2, 0) is 13.6 Å². The lowest BCUT2D eigenvalue weighted by Crippen LogP contribution is -2.29. The highest BCUT2D eigenvalue weighted by Gasteiger charge is 2.15. The van der Waals surface area contributed by atoms with Gasteiger partial charge in [0.05, 0.1) is 5.39 Å². The summed E-state index contributed by atoms with van der Waals surface area (Å²) in [4.78, 5) is 24.5. The molecule has 1 heterocycles. The monoisotopic (exact) mass is 327 g/mol. The Balaban J connectivity index is 1.92. The molecule has 0 unspecified atom stereocenters. The second-order valence-electron chi connectivity index (χ2n) is 5.14. The molecular formula is C17H14ClN3O2. The fraction of sp³-hybridized carbons (Fsp3) is 0.118. The van der Waals surface area contributed by atoms with Crippen LogP contribution in [0.1, 0.15) is 16.1 Å². The van der Waals surface area contributed by atoms with E-state index in [0.29, 0.717) is 22.3 Å². The summed E-state index contributed by atoms with van der Waals surface area (Å²) in [7, 11) is 1.53. The van der Waals surface area contributed by atoms with Crippen LogP contribution in [0.4, 0.5) is 0 Å². The van der Waals surface area contributed by atoms with Gasteiger partial charge in [0.2, 0.25) is 0 Å². The summed E-state index contributed by atoms with van der Waals surface area (Å²) in [6, 6.07) is 14.2. The van der Waals surface area contributed by atoms with Gasteiger partial charge >= 0.3 is 0 Å². The minimum atomic E-state index is -0.336. The maximum Gasteiger partial charge on any atom is 0.274 e. The molecule has 0 saturated heterocycles. The number of carbonyl (C=O) groups excluding carboxylic acids is 1. The van der Waals surface area contributed by atoms with Gasteiger partial charge in [-0.3, -0.25) is 9.59 Å². The van der Waals surface area contributed by atoms with E-state index in [1.54, 1.807) is 36.4 Å². The number of nitrogens with zero attached hydrogens (tertiary/aromatic N) is 2. The number of amides is 1. The van der Waals surface area contributed by atoms with Crippen LogP contribution in [0.2, 0.25) is 5.02 Å². The number of aromatic nitrogens is 2. The molecule has 0 saturated carbocycles. The Hall–Kier alpha value is -2.66. The smallest absolute Gasteiger partial charge is 0.274 e. The molecule has 0 bridgehead atoms. The normalized spacial score (nSPS) is 10.7. The number of halogens is 1. The first-order valence-corrected chi connectivity index (χ1v) is 7.43. The van der Waals surface area contributed by atoms with Crippen LogP contribution in [0.3, 0.4) is 0 Å². The van der Waals surface area contributed by atoms with Crippen LogP contribution in [0.15, 0.2) is 53.3 Å². The fourth-order valence-electron chi connectivity index (χ4n) is 2.38. The van der Waals surface area contributed by atoms with Crippen molar-refractivity contribution >= 4 is 28.3 Å². The first-order valence-electron chi connectivity index (χ1n) is 7.05. The number of hydrogen-bond acceptors (Lipinski definition) is 3. The number of aryl methyl sites for hydroxylation is 1. The van der Waals surface area contributed by atoms with Gasteiger partial charge in [-0.25, -0.2) is 4.68 Å². The topological polar surface area (TPSA) is 64.0 Å². The van der Waals surface area contributed by atoms with Gasteiger partial charge in [0.25, 0.3) is 11.5 Å². The summed E-state index contributed by atoms with van der Waals surface area (Å²) >= 11 is 5.93. The van der Waals surface area contributed by atoms with Crippen molar-refractivity contribution in [2.45, 2.75) is 6.54 Å². The predicted octanol–water partition coefficient (Wildman–Crippen LogP) is 2.52. The number of fused-ring (bicyclic) bond motifs is 1. The molecule has 0 spiro atoms. The third-order valence-electron chi connectivity index (χ3n) is 3.51. The number of nitrogens with one attached hydrogen (secondary N) is 1. The summed E-state index contributed by atoms with van der Waals surface area (Å²) in [5, 5.41) is 8.53. The molecule has 0 aliphatic rings. The van der Waals surface area contributed by atoms with E-state index in [1.807, 2.05) is 12.1 Å². The van der Waals surface area contributed by atoms with E-state index in [0.717, 1.165) is 5.56 Å². The highest BCUT2D eigenvalue weighted by Crippen LogP contribution is 2.14. The third-order valence-corrected chi connectivity index (χ3v) is 3.75. The van der Waals surface area contributed by atoms with Crippen molar-refractivity contribution in [3.05, 3.63) is 75.2 Å². The van der Waals surface area contributed by atoms with Crippen molar-refractivity contribution in [3.8, 4) is 0 Å². The zero-order valence-corrected chi connectivity index (χ0v) is 13.2. The largest absolute Gasteiger partial charge is 0.347 e. The van der Waals surface area contributed by atoms with Gasteiger partial charge < -0.3 is 5.32 Å². The molecule has 0 fully saturated rings. The molecule has 23 heavy (non-hydrogen) atoms. The van der Waals surface area contributed by atoms with Gasteiger partial charge in [0.1, 0.15) is 0 Å². The Labute approximate surface area is 137 Å². The molecule has 1 aromatic heterocycles. The molecule has 1 amide bonds. The summed E-state index contributed by atoms with van der Waals surface area (Å²) in [6.07, 6.45) is 0. The zero-order chi connectivity index (χ0) is 16.4. The van der Waals surface area contributed by atoms with Crippen molar-refractivity contribution in [2.75, 3.05) is 0 Å². The maximum atomic E-state index is 12.5. The summed E-state index contributed by atoms with van der Waals surface area (Å²) in [5.41, 5.74) is 0.886. The van der Waals surface area contributed by atoms with Gasteiger partial charge in [-0.2, -0.15) is 5.10 Å². The highest BCUT2D eigenvalue weighted by molar-refractivity contribution is 6.30. The lowest BCUT2D eigenvalue weighted by Gasteiger charge is -2.09. The summed E-state index contributed by atoms with van der Waals surface area (Å²) in [6.45, 7) is 0.332. The van der Waals surface area contributed by atoms with Gasteiger partial charge in [0, 0.05) is 24.0 Å². The standard InChI is InChI=1S/C17H14ClN3O2/c1-21-17(23)14-8-3-2-7-13(14)15(20-21)16(22)19-10-11-5-4-6-12(18)9-11/h2-9H,10H2,1H3,(H,19,22). The minimum absolute atomic E-state index is 0.227. The van der Waals surface area contributed by atoms with Crippen LogP contribution in [0, 0.1) is 0 Å². The van der Waals surface area contributed by atoms with Gasteiger partial charge in [-0.05, 0) is 23.8 Å². The van der Waals surface area contributed by atoms with Gasteiger partial charge in [0.15, 0.2) is 5.69 Å². The van der Waals surface area contributed by atoms with Crippen LogP contribution < -0.4 is 10.9 Å². The number of hydrogen-bond donors (Lipinski definition) is 1. The molecular weight excluding hydrogens is 314 g/mol. The molecule has 0 radical (unpaired) electrons. The van der Waals surface area contributed by atoms with Crippen molar-refractivity contribution in [2.24, 2.45) is 7.05 Å². The molecule has 0 aliphatic carbocycles. The fourth-order valence-corrected chi connectivity index (χ4v) is 2.59. The first kappa shape index (κ1) is 15.2. The molecule has 0 atom stereocenters. The Bertz CT molecular complexity index is 950. The second-order valence-corrected chi connectivity index (χ2v) is 5.57. The number of carbonyl (C=O) groups is 1. The Kier molecular flexibility index (Phi) is 4.12. The zero-order valence-electron chi connectivity index (χ0n) is 12.4. The molecule has 5 nitrogen and oxygen atoms in total. The van der Waals surface area contributed by atoms with E-state index < -0.39 is 0 Å². The molecule has 0 aliphatic heterocycles. The van der Waals surface area contributed by atoms with Crippen LogP contribution in [-0.4, -0.2) is 15.7 Å². The molecule has 2 aromatic carbocycles. The average molecular weight is 328 g/mol. The van der Waals surface area contributed by atoms with Crippen molar-refractivity contribution in [1.82, 2.24) is 15.1 Å². The highest BCUT2D eigenvalue weighted by atomic mass is 35.5. The summed E-state index contributed by atoms with van der Waals surface area (Å²) < 4.78 is 1.18. The summed E-state index contributed by atoms with van der Waals surface area (Å²) in [5.74, 6) is -0.336. The van der Waals surface area contributed by atoms with Crippen molar-refractivity contribution in [3.63, 3.8) is 0 Å². The van der Waals surface area contributed by atoms with E-state index in [9.17, 15) is 9.59 Å². The van der Waals surface area contributed by atoms with Gasteiger partial charge in [-0.1, -0.05) is 41.9 Å². The van der Waals surface area contributed by atoms with Crippen LogP contribution in [0.5, 0.6) is 0 Å². The van der Waals surface area contributed by atoms with E-state index >= 15 is 0 Å². The quantitative estimate of drug-likeness (QED) is 0.804. The Morgan fingerprint density at radius 1 is 1.17 bits per heavy atom. The lowest BCUT2D eigenvalue weighted by molar-refractivity contribution is 0.0945. The van der Waals surface area contributed by atoms with Crippen LogP contribution >= 0.6 is 11.6 Å². The Morgan fingerprint density at radius 3 is 2.65 bits per heavy atom. The number of benzene rings is 2. The van der Waals surface area contributed by atoms with Crippen molar-refractivity contribution in [1.29, 1.82) is 0 Å². The molecule has 3 aromatic rings. The SMILES string of the molecule is Cn1nc(C(=O)NCc2cccc(Cl)c2)c2ccccc2c1=O. The second kappa shape index (κ2) is 6.22.